The molecule has 2 heteroatoms. The van der Waals surface area contributed by atoms with Gasteiger partial charge in [0.2, 0.25) is 0 Å². The first-order valence-corrected chi connectivity index (χ1v) is 5.78. The van der Waals surface area contributed by atoms with E-state index in [1.54, 1.807) is 0 Å². The second-order valence-electron chi connectivity index (χ2n) is 4.88. The van der Waals surface area contributed by atoms with Crippen molar-refractivity contribution in [2.75, 3.05) is 13.2 Å². The van der Waals surface area contributed by atoms with Gasteiger partial charge in [-0.1, -0.05) is 34.6 Å². The first-order valence-electron chi connectivity index (χ1n) is 5.78. The Morgan fingerprint density at radius 2 is 1.79 bits per heavy atom. The largest absolute Gasteiger partial charge is 0.372 e. The van der Waals surface area contributed by atoms with Gasteiger partial charge >= 0.3 is 0 Å². The minimum Gasteiger partial charge on any atom is -0.372 e. The van der Waals surface area contributed by atoms with Gasteiger partial charge in [0.15, 0.2) is 0 Å². The molecule has 1 heterocycles. The zero-order valence-electron chi connectivity index (χ0n) is 10.2. The van der Waals surface area contributed by atoms with Crippen molar-refractivity contribution >= 4 is 0 Å². The van der Waals surface area contributed by atoms with E-state index < -0.39 is 0 Å². The van der Waals surface area contributed by atoms with E-state index in [0.717, 1.165) is 19.6 Å². The van der Waals surface area contributed by atoms with Gasteiger partial charge in [-0.2, -0.15) is 0 Å². The van der Waals surface area contributed by atoms with Crippen LogP contribution >= 0.6 is 0 Å². The fraction of sp³-hybridized carbons (Fsp3) is 1.00. The molecular formula is C12H24O2. The molecule has 0 aliphatic carbocycles. The summed E-state index contributed by atoms with van der Waals surface area (Å²) in [6.07, 6.45) is 1.45. The molecule has 0 aromatic carbocycles. The molecule has 1 rings (SSSR count). The first-order chi connectivity index (χ1) is 6.53. The van der Waals surface area contributed by atoms with Gasteiger partial charge in [0, 0.05) is 0 Å². The highest BCUT2D eigenvalue weighted by molar-refractivity contribution is 4.87. The Morgan fingerprint density at radius 1 is 1.29 bits per heavy atom. The summed E-state index contributed by atoms with van der Waals surface area (Å²) in [4.78, 5) is 0. The Kier molecular flexibility index (Phi) is 3.96. The summed E-state index contributed by atoms with van der Waals surface area (Å²) in [5.41, 5.74) is 0.0337. The fourth-order valence-electron chi connectivity index (χ4n) is 2.33. The highest BCUT2D eigenvalue weighted by atomic mass is 16.6. The van der Waals surface area contributed by atoms with Crippen molar-refractivity contribution in [3.63, 3.8) is 0 Å². The van der Waals surface area contributed by atoms with E-state index in [1.165, 1.54) is 0 Å². The van der Waals surface area contributed by atoms with Crippen LogP contribution in [0.1, 0.15) is 41.0 Å². The molecule has 1 aliphatic heterocycles. The third-order valence-corrected chi connectivity index (χ3v) is 3.45. The van der Waals surface area contributed by atoms with Crippen LogP contribution in [0.3, 0.4) is 0 Å². The molecule has 0 bridgehead atoms. The van der Waals surface area contributed by atoms with Gasteiger partial charge in [-0.3, -0.25) is 0 Å². The average Bonchev–Trinajstić information content (AvgIpc) is 2.88. The maximum absolute atomic E-state index is 6.10. The van der Waals surface area contributed by atoms with Gasteiger partial charge < -0.3 is 9.47 Å². The van der Waals surface area contributed by atoms with Crippen LogP contribution in [0.25, 0.3) is 0 Å². The van der Waals surface area contributed by atoms with Gasteiger partial charge in [-0.25, -0.2) is 0 Å². The highest BCUT2D eigenvalue weighted by Gasteiger charge is 2.38. The Labute approximate surface area is 88.0 Å². The summed E-state index contributed by atoms with van der Waals surface area (Å²) < 4.78 is 11.3. The summed E-state index contributed by atoms with van der Waals surface area (Å²) in [5.74, 6) is 1.12. The molecule has 1 atom stereocenters. The molecule has 0 aromatic rings. The second-order valence-corrected chi connectivity index (χ2v) is 4.88. The number of hydrogen-bond acceptors (Lipinski definition) is 2. The zero-order chi connectivity index (χ0) is 10.8. The van der Waals surface area contributed by atoms with Gasteiger partial charge in [-0.05, 0) is 18.3 Å². The quantitative estimate of drug-likeness (QED) is 0.615. The van der Waals surface area contributed by atoms with Crippen molar-refractivity contribution in [2.45, 2.75) is 52.7 Å². The van der Waals surface area contributed by atoms with Crippen LogP contribution < -0.4 is 0 Å². The summed E-state index contributed by atoms with van der Waals surface area (Å²) in [7, 11) is 0. The van der Waals surface area contributed by atoms with E-state index in [0.29, 0.717) is 17.9 Å². The molecule has 14 heavy (non-hydrogen) atoms. The molecule has 84 valence electrons. The molecule has 0 saturated carbocycles. The number of rotatable bonds is 6. The van der Waals surface area contributed by atoms with E-state index in [1.807, 2.05) is 0 Å². The molecule has 1 fully saturated rings. The molecule has 0 amide bonds. The van der Waals surface area contributed by atoms with Crippen LogP contribution in [0.2, 0.25) is 0 Å². The summed E-state index contributed by atoms with van der Waals surface area (Å²) in [6.45, 7) is 12.9. The van der Waals surface area contributed by atoms with Crippen molar-refractivity contribution in [2.24, 2.45) is 11.8 Å². The zero-order valence-corrected chi connectivity index (χ0v) is 10.2. The standard InChI is InChI=1S/C12H24O2/c1-6-12(9(2)3,10(4)5)14-8-11-7-13-11/h9-11H,6-8H2,1-5H3. The SMILES string of the molecule is CCC(OCC1CO1)(C(C)C)C(C)C. The predicted molar refractivity (Wildman–Crippen MR) is 58.4 cm³/mol. The third kappa shape index (κ3) is 2.48. The lowest BCUT2D eigenvalue weighted by Gasteiger charge is -2.40. The van der Waals surface area contributed by atoms with Crippen molar-refractivity contribution in [3.05, 3.63) is 0 Å². The van der Waals surface area contributed by atoms with Crippen molar-refractivity contribution in [1.82, 2.24) is 0 Å². The van der Waals surface area contributed by atoms with Crippen molar-refractivity contribution < 1.29 is 9.47 Å². The fourth-order valence-corrected chi connectivity index (χ4v) is 2.33. The first kappa shape index (κ1) is 12.0. The van der Waals surface area contributed by atoms with Gasteiger partial charge in [0.1, 0.15) is 6.10 Å². The second kappa shape index (κ2) is 4.63. The van der Waals surface area contributed by atoms with E-state index in [9.17, 15) is 0 Å². The van der Waals surface area contributed by atoms with E-state index >= 15 is 0 Å². The van der Waals surface area contributed by atoms with Crippen LogP contribution in [-0.2, 0) is 9.47 Å². The van der Waals surface area contributed by atoms with E-state index in [2.05, 4.69) is 34.6 Å². The van der Waals surface area contributed by atoms with Crippen LogP contribution in [0, 0.1) is 11.8 Å². The number of epoxide rings is 1. The minimum absolute atomic E-state index is 0.0337. The summed E-state index contributed by atoms with van der Waals surface area (Å²) in [5, 5.41) is 0. The highest BCUT2D eigenvalue weighted by Crippen LogP contribution is 2.34. The van der Waals surface area contributed by atoms with Crippen molar-refractivity contribution in [1.29, 1.82) is 0 Å². The predicted octanol–water partition coefficient (Wildman–Crippen LogP) is 2.86. The Morgan fingerprint density at radius 3 is 2.07 bits per heavy atom. The normalized spacial score (nSPS) is 22.1. The Balaban J connectivity index is 2.56. The lowest BCUT2D eigenvalue weighted by molar-refractivity contribution is -0.116. The molecule has 1 aliphatic rings. The number of hydrogen-bond donors (Lipinski definition) is 0. The van der Waals surface area contributed by atoms with Gasteiger partial charge in [0.05, 0.1) is 18.8 Å². The minimum atomic E-state index is 0.0337. The van der Waals surface area contributed by atoms with Crippen LogP contribution in [0.5, 0.6) is 0 Å². The maximum Gasteiger partial charge on any atom is 0.104 e. The molecule has 0 spiro atoms. The van der Waals surface area contributed by atoms with E-state index in [4.69, 9.17) is 9.47 Å². The third-order valence-electron chi connectivity index (χ3n) is 3.45. The molecule has 1 unspecified atom stereocenters. The van der Waals surface area contributed by atoms with Gasteiger partial charge in [-0.15, -0.1) is 0 Å². The Bertz CT molecular complexity index is 163. The monoisotopic (exact) mass is 200 g/mol. The molecule has 2 nitrogen and oxygen atoms in total. The molecule has 1 saturated heterocycles. The smallest absolute Gasteiger partial charge is 0.104 e. The van der Waals surface area contributed by atoms with Crippen molar-refractivity contribution in [3.8, 4) is 0 Å². The van der Waals surface area contributed by atoms with Crippen LogP contribution in [-0.4, -0.2) is 24.9 Å². The van der Waals surface area contributed by atoms with E-state index in [-0.39, 0.29) is 5.60 Å². The lowest BCUT2D eigenvalue weighted by Crippen LogP contribution is -2.44. The van der Waals surface area contributed by atoms with Crippen LogP contribution in [0.15, 0.2) is 0 Å². The molecular weight excluding hydrogens is 176 g/mol. The average molecular weight is 200 g/mol. The van der Waals surface area contributed by atoms with Crippen LogP contribution in [0.4, 0.5) is 0 Å². The molecule has 0 aromatic heterocycles. The summed E-state index contributed by atoms with van der Waals surface area (Å²) >= 11 is 0. The number of ether oxygens (including phenoxy) is 2. The molecule has 0 N–H and O–H groups in total. The maximum atomic E-state index is 6.10. The summed E-state index contributed by atoms with van der Waals surface area (Å²) in [6, 6.07) is 0. The Hall–Kier alpha value is -0.0800. The lowest BCUT2D eigenvalue weighted by atomic mass is 9.78. The van der Waals surface area contributed by atoms with Gasteiger partial charge in [0.25, 0.3) is 0 Å². The molecule has 0 radical (unpaired) electrons. The topological polar surface area (TPSA) is 21.8 Å².